The van der Waals surface area contributed by atoms with Crippen LogP contribution in [0.4, 0.5) is 0 Å². The van der Waals surface area contributed by atoms with E-state index in [9.17, 15) is 10.2 Å². The lowest BCUT2D eigenvalue weighted by molar-refractivity contribution is 0.0577. The Balaban J connectivity index is 2.96. The van der Waals surface area contributed by atoms with Crippen LogP contribution >= 0.6 is 15.9 Å². The molecule has 2 unspecified atom stereocenters. The van der Waals surface area contributed by atoms with Crippen LogP contribution in [0.5, 0.6) is 5.75 Å². The summed E-state index contributed by atoms with van der Waals surface area (Å²) in [5.74, 6) is 0.595. The fourth-order valence-corrected chi connectivity index (χ4v) is 1.59. The van der Waals surface area contributed by atoms with Gasteiger partial charge in [-0.15, -0.1) is 0 Å². The molecule has 1 aromatic carbocycles. The summed E-state index contributed by atoms with van der Waals surface area (Å²) >= 11 is 3.35. The highest BCUT2D eigenvalue weighted by Gasteiger charge is 2.15. The Labute approximate surface area is 104 Å². The number of aliphatic hydroxyl groups excluding tert-OH is 2. The van der Waals surface area contributed by atoms with E-state index >= 15 is 0 Å². The summed E-state index contributed by atoms with van der Waals surface area (Å²) < 4.78 is 6.49. The number of aliphatic hydroxyl groups is 2. The Hall–Kier alpha value is -0.580. The summed E-state index contributed by atoms with van der Waals surface area (Å²) in [6.45, 7) is 5.14. The molecule has 0 heterocycles. The molecule has 0 spiro atoms. The van der Waals surface area contributed by atoms with Gasteiger partial charge in [-0.3, -0.25) is 0 Å². The first kappa shape index (κ1) is 13.5. The summed E-state index contributed by atoms with van der Waals surface area (Å²) in [6, 6.07) is 5.45. The maximum absolute atomic E-state index is 9.59. The van der Waals surface area contributed by atoms with E-state index in [1.807, 2.05) is 6.07 Å². The van der Waals surface area contributed by atoms with Crippen molar-refractivity contribution in [3.63, 3.8) is 0 Å². The second kappa shape index (κ2) is 5.66. The van der Waals surface area contributed by atoms with Gasteiger partial charge in [-0.2, -0.15) is 0 Å². The smallest absolute Gasteiger partial charge is 0.126 e. The zero-order valence-electron chi connectivity index (χ0n) is 9.64. The molecular formula is C12H17BrO3. The van der Waals surface area contributed by atoms with Gasteiger partial charge in [-0.1, -0.05) is 22.0 Å². The molecule has 90 valence electrons. The van der Waals surface area contributed by atoms with Crippen molar-refractivity contribution in [3.8, 4) is 5.75 Å². The molecule has 0 saturated heterocycles. The second-order valence-electron chi connectivity index (χ2n) is 3.92. The average molecular weight is 289 g/mol. The maximum atomic E-state index is 9.59. The minimum Gasteiger partial charge on any atom is -0.488 e. The molecule has 0 aliphatic heterocycles. The maximum Gasteiger partial charge on any atom is 0.126 e. The van der Waals surface area contributed by atoms with Crippen LogP contribution in [0.2, 0.25) is 0 Å². The molecule has 2 N–H and O–H groups in total. The second-order valence-corrected chi connectivity index (χ2v) is 4.84. The van der Waals surface area contributed by atoms with Crippen molar-refractivity contribution in [1.29, 1.82) is 0 Å². The predicted molar refractivity (Wildman–Crippen MR) is 66.5 cm³/mol. The van der Waals surface area contributed by atoms with Crippen molar-refractivity contribution in [2.45, 2.75) is 39.1 Å². The van der Waals surface area contributed by atoms with Crippen LogP contribution in [0.3, 0.4) is 0 Å². The minimum absolute atomic E-state index is 0.313. The molecule has 16 heavy (non-hydrogen) atoms. The van der Waals surface area contributed by atoms with Crippen LogP contribution < -0.4 is 4.74 Å². The Kier molecular flexibility index (Phi) is 4.77. The van der Waals surface area contributed by atoms with Crippen molar-refractivity contribution in [1.82, 2.24) is 0 Å². The van der Waals surface area contributed by atoms with Crippen LogP contribution in [0.25, 0.3) is 0 Å². The first-order valence-corrected chi connectivity index (χ1v) is 6.03. The van der Waals surface area contributed by atoms with Gasteiger partial charge in [0.1, 0.15) is 11.9 Å². The summed E-state index contributed by atoms with van der Waals surface area (Å²) in [6.07, 6.45) is -1.46. The molecule has 0 aliphatic carbocycles. The Morgan fingerprint density at radius 2 is 1.81 bits per heavy atom. The third-order valence-electron chi connectivity index (χ3n) is 2.42. The quantitative estimate of drug-likeness (QED) is 0.896. The van der Waals surface area contributed by atoms with Gasteiger partial charge < -0.3 is 14.9 Å². The zero-order valence-corrected chi connectivity index (χ0v) is 11.2. The Bertz CT molecular complexity index is 350. The molecule has 4 heteroatoms. The van der Waals surface area contributed by atoms with Crippen LogP contribution in [-0.2, 0) is 0 Å². The Morgan fingerprint density at radius 3 is 2.31 bits per heavy atom. The topological polar surface area (TPSA) is 49.7 Å². The van der Waals surface area contributed by atoms with Crippen LogP contribution in [0, 0.1) is 0 Å². The van der Waals surface area contributed by atoms with Gasteiger partial charge in [0, 0.05) is 10.0 Å². The lowest BCUT2D eigenvalue weighted by Crippen LogP contribution is -2.26. The molecule has 1 rings (SSSR count). The lowest BCUT2D eigenvalue weighted by atomic mass is 10.1. The van der Waals surface area contributed by atoms with Crippen molar-refractivity contribution in [2.24, 2.45) is 0 Å². The number of benzene rings is 1. The van der Waals surface area contributed by atoms with E-state index in [-0.39, 0.29) is 6.10 Å². The molecule has 1 aromatic rings. The summed E-state index contributed by atoms with van der Waals surface area (Å²) in [7, 11) is 0. The van der Waals surface area contributed by atoms with Crippen LogP contribution in [0.15, 0.2) is 22.7 Å². The monoisotopic (exact) mass is 288 g/mol. The van der Waals surface area contributed by atoms with Gasteiger partial charge in [0.15, 0.2) is 0 Å². The molecule has 0 amide bonds. The van der Waals surface area contributed by atoms with Crippen LogP contribution in [-0.4, -0.2) is 22.4 Å². The van der Waals surface area contributed by atoms with Gasteiger partial charge >= 0.3 is 0 Å². The fourth-order valence-electron chi connectivity index (χ4n) is 1.25. The third-order valence-corrected chi connectivity index (χ3v) is 2.91. The number of halogens is 1. The minimum atomic E-state index is -0.593. The van der Waals surface area contributed by atoms with E-state index in [0.29, 0.717) is 5.75 Å². The standard InChI is InChI=1S/C12H17BrO3/c1-7(14)9(3)16-12-6-10(13)4-5-11(12)8(2)15/h4-9,14-15H,1-3H3/t7?,8-,9?/m0/s1. The van der Waals surface area contributed by atoms with E-state index in [1.165, 1.54) is 0 Å². The molecule has 0 bridgehead atoms. The first-order chi connectivity index (χ1) is 7.41. The van der Waals surface area contributed by atoms with E-state index in [4.69, 9.17) is 4.74 Å². The molecule has 0 aliphatic rings. The third kappa shape index (κ3) is 3.47. The van der Waals surface area contributed by atoms with Gasteiger partial charge in [0.2, 0.25) is 0 Å². The fraction of sp³-hybridized carbons (Fsp3) is 0.500. The Morgan fingerprint density at radius 1 is 1.19 bits per heavy atom. The molecule has 0 aromatic heterocycles. The summed E-state index contributed by atoms with van der Waals surface area (Å²) in [4.78, 5) is 0. The highest BCUT2D eigenvalue weighted by Crippen LogP contribution is 2.29. The van der Waals surface area contributed by atoms with E-state index in [2.05, 4.69) is 15.9 Å². The normalized spacial score (nSPS) is 16.6. The number of rotatable bonds is 4. The highest BCUT2D eigenvalue weighted by molar-refractivity contribution is 9.10. The van der Waals surface area contributed by atoms with Gasteiger partial charge in [0.05, 0.1) is 12.2 Å². The van der Waals surface area contributed by atoms with Crippen LogP contribution in [0.1, 0.15) is 32.4 Å². The molecule has 0 saturated carbocycles. The molecule has 0 radical (unpaired) electrons. The van der Waals surface area contributed by atoms with Crippen molar-refractivity contribution in [3.05, 3.63) is 28.2 Å². The van der Waals surface area contributed by atoms with Crippen molar-refractivity contribution >= 4 is 15.9 Å². The average Bonchev–Trinajstić information content (AvgIpc) is 2.16. The molecule has 3 nitrogen and oxygen atoms in total. The molecule has 0 fully saturated rings. The van der Waals surface area contributed by atoms with Gasteiger partial charge in [-0.05, 0) is 32.9 Å². The number of hydrogen-bond donors (Lipinski definition) is 2. The molecule has 3 atom stereocenters. The number of hydrogen-bond acceptors (Lipinski definition) is 3. The summed E-state index contributed by atoms with van der Waals surface area (Å²) in [5, 5.41) is 19.0. The first-order valence-electron chi connectivity index (χ1n) is 5.24. The van der Waals surface area contributed by atoms with Gasteiger partial charge in [0.25, 0.3) is 0 Å². The lowest BCUT2D eigenvalue weighted by Gasteiger charge is -2.20. The van der Waals surface area contributed by atoms with E-state index in [1.54, 1.807) is 32.9 Å². The van der Waals surface area contributed by atoms with Gasteiger partial charge in [-0.25, -0.2) is 0 Å². The zero-order chi connectivity index (χ0) is 12.3. The predicted octanol–water partition coefficient (Wildman–Crippen LogP) is 2.65. The number of ether oxygens (including phenoxy) is 1. The largest absolute Gasteiger partial charge is 0.488 e. The SMILES string of the molecule is CC(O)C(C)Oc1cc(Br)ccc1[C@H](C)O. The van der Waals surface area contributed by atoms with E-state index < -0.39 is 12.2 Å². The van der Waals surface area contributed by atoms with Crippen molar-refractivity contribution in [2.75, 3.05) is 0 Å². The summed E-state index contributed by atoms with van der Waals surface area (Å²) in [5.41, 5.74) is 0.718. The van der Waals surface area contributed by atoms with Crippen molar-refractivity contribution < 1.29 is 14.9 Å². The molecular weight excluding hydrogens is 272 g/mol. The van der Waals surface area contributed by atoms with E-state index in [0.717, 1.165) is 10.0 Å². The highest BCUT2D eigenvalue weighted by atomic mass is 79.9.